The average molecular weight is 1010 g/mol. The highest BCUT2D eigenvalue weighted by atomic mass is 15.0. The molecule has 4 nitrogen and oxygen atoms in total. The van der Waals surface area contributed by atoms with Crippen LogP contribution in [-0.4, -0.2) is 25.0 Å². The number of fused-ring (bicyclic) bond motifs is 20. The summed E-state index contributed by atoms with van der Waals surface area (Å²) < 4.78 is 10.1. The topological polar surface area (TPSA) is 19.7 Å². The third-order valence-electron chi connectivity index (χ3n) is 18.3. The minimum absolute atomic E-state index is 0.100. The predicted octanol–water partition coefficient (Wildman–Crippen LogP) is 17.2. The molecule has 0 saturated heterocycles. The van der Waals surface area contributed by atoms with E-state index in [9.17, 15) is 0 Å². The number of nitrogens with zero attached hydrogens (tertiary/aromatic N) is 4. The van der Waals surface area contributed by atoms with Crippen molar-refractivity contribution in [1.29, 1.82) is 0 Å². The van der Waals surface area contributed by atoms with Gasteiger partial charge in [0.05, 0.1) is 44.1 Å². The fraction of sp³-hybridized carbons (Fsp3) is 0.0133. The number of hydrogen-bond donors (Lipinski definition) is 0. The largest absolute Gasteiger partial charge is 0.309 e. The van der Waals surface area contributed by atoms with Crippen molar-refractivity contribution in [1.82, 2.24) is 18.3 Å². The lowest BCUT2D eigenvalue weighted by Gasteiger charge is -2.36. The summed E-state index contributed by atoms with van der Waals surface area (Å²) in [6, 6.07) is 96.0. The highest BCUT2D eigenvalue weighted by molar-refractivity contribution is 7.02. The molecule has 0 fully saturated rings. The third kappa shape index (κ3) is 5.32. The molecule has 19 rings (SSSR count). The second-order valence-corrected chi connectivity index (χ2v) is 22.3. The molecule has 368 valence electrons. The van der Waals surface area contributed by atoms with E-state index in [0.717, 1.165) is 22.7 Å². The molecule has 2 aliphatic heterocycles. The Balaban J connectivity index is 1.09. The Bertz CT molecular complexity index is 5240. The molecule has 0 bridgehead atoms. The van der Waals surface area contributed by atoms with Gasteiger partial charge >= 0.3 is 0 Å². The van der Waals surface area contributed by atoms with Crippen LogP contribution in [0.1, 0.15) is 5.56 Å². The molecule has 0 saturated carbocycles. The van der Waals surface area contributed by atoms with Gasteiger partial charge in [0.15, 0.2) is 0 Å². The van der Waals surface area contributed by atoms with Crippen LogP contribution in [0.2, 0.25) is 0 Å². The van der Waals surface area contributed by atoms with Crippen molar-refractivity contribution in [2.24, 2.45) is 0 Å². The molecule has 0 amide bonds. The first kappa shape index (κ1) is 42.7. The van der Waals surface area contributed by atoms with Crippen molar-refractivity contribution in [3.8, 4) is 45.0 Å². The number of aryl methyl sites for hydroxylation is 1. The van der Waals surface area contributed by atoms with Gasteiger partial charge < -0.3 is 18.3 Å². The van der Waals surface area contributed by atoms with Crippen molar-refractivity contribution in [2.75, 3.05) is 0 Å². The highest BCUT2D eigenvalue weighted by Crippen LogP contribution is 2.52. The van der Waals surface area contributed by atoms with Crippen molar-refractivity contribution < 1.29 is 0 Å². The van der Waals surface area contributed by atoms with E-state index in [4.69, 9.17) is 0 Å². The fourth-order valence-corrected chi connectivity index (χ4v) is 15.4. The Hall–Kier alpha value is -10.4. The van der Waals surface area contributed by atoms with Crippen molar-refractivity contribution >= 4 is 132 Å². The zero-order valence-electron chi connectivity index (χ0n) is 43.6. The van der Waals surface area contributed by atoms with Crippen molar-refractivity contribution in [3.63, 3.8) is 0 Å². The summed E-state index contributed by atoms with van der Waals surface area (Å²) in [7, 11) is 0. The van der Waals surface area contributed by atoms with Crippen LogP contribution in [0.15, 0.2) is 255 Å². The predicted molar refractivity (Wildman–Crippen MR) is 339 cm³/mol. The van der Waals surface area contributed by atoms with E-state index in [1.54, 1.807) is 0 Å². The monoisotopic (exact) mass is 1010 g/mol. The first-order valence-electron chi connectivity index (χ1n) is 28.0. The summed E-state index contributed by atoms with van der Waals surface area (Å²) in [4.78, 5) is 0. The Morgan fingerprint density at radius 3 is 0.975 bits per heavy atom. The third-order valence-corrected chi connectivity index (χ3v) is 18.3. The number of aromatic nitrogens is 4. The Labute approximate surface area is 459 Å². The van der Waals surface area contributed by atoms with Crippen molar-refractivity contribution in [3.05, 3.63) is 260 Å². The maximum absolute atomic E-state index is 2.64. The van der Waals surface area contributed by atoms with E-state index < -0.39 is 0 Å². The molecular formula is C75H45BN4. The number of rotatable bonds is 4. The van der Waals surface area contributed by atoms with E-state index in [-0.39, 0.29) is 6.71 Å². The van der Waals surface area contributed by atoms with Gasteiger partial charge in [0.25, 0.3) is 0 Å². The molecule has 0 radical (unpaired) electrons. The van der Waals surface area contributed by atoms with Crippen LogP contribution >= 0.6 is 0 Å². The summed E-state index contributed by atoms with van der Waals surface area (Å²) in [6.07, 6.45) is 0. The van der Waals surface area contributed by atoms with Crippen LogP contribution in [-0.2, 0) is 0 Å². The Kier molecular flexibility index (Phi) is 8.24. The molecule has 0 unspecified atom stereocenters. The molecule has 80 heavy (non-hydrogen) atoms. The van der Waals surface area contributed by atoms with E-state index in [1.165, 1.54) is 153 Å². The minimum atomic E-state index is -0.100. The molecule has 0 spiro atoms. The Morgan fingerprint density at radius 2 is 0.588 bits per heavy atom. The maximum atomic E-state index is 2.64. The molecule has 6 heterocycles. The molecule has 0 N–H and O–H groups in total. The molecule has 13 aromatic carbocycles. The number of hydrogen-bond acceptors (Lipinski definition) is 0. The first-order chi connectivity index (χ1) is 39.7. The van der Waals surface area contributed by atoms with Gasteiger partial charge in [0, 0.05) is 76.6 Å². The normalized spacial score (nSPS) is 12.8. The molecule has 0 atom stereocenters. The van der Waals surface area contributed by atoms with Crippen LogP contribution < -0.4 is 16.4 Å². The summed E-state index contributed by atoms with van der Waals surface area (Å²) >= 11 is 0. The van der Waals surface area contributed by atoms with Gasteiger partial charge in [0.2, 0.25) is 6.71 Å². The zero-order chi connectivity index (χ0) is 52.1. The van der Waals surface area contributed by atoms with Gasteiger partial charge in [0.1, 0.15) is 0 Å². The molecule has 5 heteroatoms. The lowest BCUT2D eigenvalue weighted by Crippen LogP contribution is -2.57. The molecule has 0 aliphatic carbocycles. The molecular weight excluding hydrogens is 968 g/mol. The van der Waals surface area contributed by atoms with Gasteiger partial charge in [-0.2, -0.15) is 0 Å². The number of para-hydroxylation sites is 8. The van der Waals surface area contributed by atoms with Gasteiger partial charge in [-0.25, -0.2) is 0 Å². The number of benzene rings is 13. The van der Waals surface area contributed by atoms with Gasteiger partial charge in [-0.15, -0.1) is 0 Å². The van der Waals surface area contributed by atoms with Crippen LogP contribution in [0.5, 0.6) is 0 Å². The summed E-state index contributed by atoms with van der Waals surface area (Å²) in [6.45, 7) is 2.23. The first-order valence-corrected chi connectivity index (χ1v) is 28.0. The average Bonchev–Trinajstić information content (AvgIpc) is 4.17. The zero-order valence-corrected chi connectivity index (χ0v) is 43.6. The second kappa shape index (κ2) is 15.4. The van der Waals surface area contributed by atoms with E-state index in [2.05, 4.69) is 280 Å². The van der Waals surface area contributed by atoms with Crippen LogP contribution in [0, 0.1) is 6.92 Å². The highest BCUT2D eigenvalue weighted by Gasteiger charge is 2.43. The smallest absolute Gasteiger partial charge is 0.244 e. The van der Waals surface area contributed by atoms with Gasteiger partial charge in [-0.1, -0.05) is 186 Å². The lowest BCUT2D eigenvalue weighted by molar-refractivity contribution is 1.18. The molecule has 4 aromatic heterocycles. The van der Waals surface area contributed by atoms with Crippen LogP contribution in [0.25, 0.3) is 154 Å². The summed E-state index contributed by atoms with van der Waals surface area (Å²) in [5.41, 5.74) is 24.9. The fourth-order valence-electron chi connectivity index (χ4n) is 15.4. The second-order valence-electron chi connectivity index (χ2n) is 22.3. The summed E-state index contributed by atoms with van der Waals surface area (Å²) in [5, 5.41) is 15.3. The summed E-state index contributed by atoms with van der Waals surface area (Å²) in [5.74, 6) is 0. The SMILES string of the molecule is Cc1cc2c3c(c1)-c1c4c(cc5c6ccccc6n(-c6ccccc6)c5c4cc4c1c1ccccc1n4-c1ccccc1)B3c1cc3c4ccccc4n(-c4ccccc4)c3c3cc4c(c-2c13)c1ccccc1n4-c1ccccc1. The molecule has 2 aliphatic rings. The standard InChI is InChI=1S/C75H45BN4/c1-44-38-55-71-67-57(42-65-69(71)51-32-16-20-36-63(51)77(65)45-22-6-2-7-23-45)74-53(49-30-14-18-34-61(49)79(74)47-26-10-4-11-27-47)40-59(67)76-60-41-54-50-31-15-19-35-62(50)80(48-28-12-5-13-29-48)75(54)58-43-66-70(72(68(58)60)56(39-44)73(55)76)52-33-17-21-37-64(52)78(66)46-24-8-3-9-25-46/h2-43H,1H3. The van der Waals surface area contributed by atoms with Gasteiger partial charge in [-0.3, -0.25) is 0 Å². The molecule has 17 aromatic rings. The quantitative estimate of drug-likeness (QED) is 0.157. The van der Waals surface area contributed by atoms with E-state index >= 15 is 0 Å². The van der Waals surface area contributed by atoms with Crippen LogP contribution in [0.4, 0.5) is 0 Å². The van der Waals surface area contributed by atoms with Gasteiger partial charge in [-0.05, 0) is 130 Å². The lowest BCUT2D eigenvalue weighted by atomic mass is 9.30. The van der Waals surface area contributed by atoms with E-state index in [0.29, 0.717) is 0 Å². The van der Waals surface area contributed by atoms with Crippen molar-refractivity contribution in [2.45, 2.75) is 6.92 Å². The Morgan fingerprint density at radius 1 is 0.263 bits per heavy atom. The minimum Gasteiger partial charge on any atom is -0.309 e. The van der Waals surface area contributed by atoms with E-state index in [1.807, 2.05) is 0 Å². The van der Waals surface area contributed by atoms with Crippen LogP contribution in [0.3, 0.4) is 0 Å². The maximum Gasteiger partial charge on any atom is 0.244 e.